The number of nitrogen functional groups attached to an aromatic ring is 1. The van der Waals surface area contributed by atoms with E-state index in [1.165, 1.54) is 0 Å². The van der Waals surface area contributed by atoms with Crippen LogP contribution in [0.15, 0.2) is 24.3 Å². The second kappa shape index (κ2) is 5.65. The third-order valence-corrected chi connectivity index (χ3v) is 2.71. The van der Waals surface area contributed by atoms with E-state index in [0.29, 0.717) is 31.1 Å². The fourth-order valence-electron chi connectivity index (χ4n) is 1.76. The van der Waals surface area contributed by atoms with Crippen LogP contribution < -0.4 is 11.1 Å². The molecule has 1 aromatic rings. The summed E-state index contributed by atoms with van der Waals surface area (Å²) < 4.78 is 5.23. The molecule has 1 saturated heterocycles. The minimum Gasteiger partial charge on any atom is -0.397 e. The number of hydrogen-bond acceptors (Lipinski definition) is 4. The first-order valence-corrected chi connectivity index (χ1v) is 5.70. The van der Waals surface area contributed by atoms with E-state index in [0.717, 1.165) is 13.1 Å². The molecule has 0 atom stereocenters. The van der Waals surface area contributed by atoms with Gasteiger partial charge in [-0.15, -0.1) is 0 Å². The summed E-state index contributed by atoms with van der Waals surface area (Å²) in [6.07, 6.45) is 0. The van der Waals surface area contributed by atoms with Crippen LogP contribution in [0.2, 0.25) is 0 Å². The van der Waals surface area contributed by atoms with Crippen molar-refractivity contribution in [3.8, 4) is 0 Å². The maximum Gasteiger partial charge on any atom is 0.238 e. The summed E-state index contributed by atoms with van der Waals surface area (Å²) in [7, 11) is 0. The third kappa shape index (κ3) is 3.44. The molecule has 1 amide bonds. The van der Waals surface area contributed by atoms with Gasteiger partial charge in [-0.3, -0.25) is 9.69 Å². The van der Waals surface area contributed by atoms with Crippen LogP contribution in [0.3, 0.4) is 0 Å². The van der Waals surface area contributed by atoms with Crippen molar-refractivity contribution in [1.29, 1.82) is 0 Å². The minimum absolute atomic E-state index is 0.0372. The SMILES string of the molecule is Nc1ccccc1NC(=O)CN1CCOCC1. The van der Waals surface area contributed by atoms with Crippen LogP contribution in [0.4, 0.5) is 11.4 Å². The Kier molecular flexibility index (Phi) is 3.95. The van der Waals surface area contributed by atoms with E-state index in [1.807, 2.05) is 12.1 Å². The monoisotopic (exact) mass is 235 g/mol. The Morgan fingerprint density at radius 2 is 2.06 bits per heavy atom. The number of benzene rings is 1. The number of amides is 1. The lowest BCUT2D eigenvalue weighted by atomic mass is 10.2. The van der Waals surface area contributed by atoms with Crippen LogP contribution in [0.1, 0.15) is 0 Å². The second-order valence-electron chi connectivity index (χ2n) is 4.02. The zero-order valence-corrected chi connectivity index (χ0v) is 9.69. The van der Waals surface area contributed by atoms with Gasteiger partial charge in [0.15, 0.2) is 0 Å². The third-order valence-electron chi connectivity index (χ3n) is 2.71. The molecule has 92 valence electrons. The maximum absolute atomic E-state index is 11.8. The molecule has 0 radical (unpaired) electrons. The Bertz CT molecular complexity index is 389. The van der Waals surface area contributed by atoms with Gasteiger partial charge in [-0.05, 0) is 12.1 Å². The number of para-hydroxylation sites is 2. The molecule has 17 heavy (non-hydrogen) atoms. The fourth-order valence-corrected chi connectivity index (χ4v) is 1.76. The van der Waals surface area contributed by atoms with Gasteiger partial charge in [0.05, 0.1) is 31.1 Å². The number of anilines is 2. The number of ether oxygens (including phenoxy) is 1. The van der Waals surface area contributed by atoms with Crippen LogP contribution in [0, 0.1) is 0 Å². The van der Waals surface area contributed by atoms with Gasteiger partial charge >= 0.3 is 0 Å². The second-order valence-corrected chi connectivity index (χ2v) is 4.02. The number of nitrogens with two attached hydrogens (primary N) is 1. The number of carbonyl (C=O) groups is 1. The molecule has 0 unspecified atom stereocenters. The Labute approximate surface area is 101 Å². The molecule has 3 N–H and O–H groups in total. The van der Waals surface area contributed by atoms with E-state index in [4.69, 9.17) is 10.5 Å². The molecule has 1 heterocycles. The molecule has 1 aliphatic heterocycles. The van der Waals surface area contributed by atoms with Crippen LogP contribution in [0.5, 0.6) is 0 Å². The molecular weight excluding hydrogens is 218 g/mol. The van der Waals surface area contributed by atoms with Crippen molar-refractivity contribution in [2.24, 2.45) is 0 Å². The van der Waals surface area contributed by atoms with Gasteiger partial charge in [0, 0.05) is 13.1 Å². The summed E-state index contributed by atoms with van der Waals surface area (Å²) >= 11 is 0. The summed E-state index contributed by atoms with van der Waals surface area (Å²) in [6.45, 7) is 3.38. The molecule has 0 spiro atoms. The molecule has 1 aliphatic rings. The van der Waals surface area contributed by atoms with E-state index in [1.54, 1.807) is 12.1 Å². The summed E-state index contributed by atoms with van der Waals surface area (Å²) in [5.74, 6) is -0.0372. The van der Waals surface area contributed by atoms with Gasteiger partial charge in [-0.1, -0.05) is 12.1 Å². The largest absolute Gasteiger partial charge is 0.397 e. The zero-order chi connectivity index (χ0) is 12.1. The molecule has 0 saturated carbocycles. The first-order valence-electron chi connectivity index (χ1n) is 5.70. The van der Waals surface area contributed by atoms with Crippen molar-refractivity contribution in [2.75, 3.05) is 43.9 Å². The van der Waals surface area contributed by atoms with Crippen molar-refractivity contribution >= 4 is 17.3 Å². The molecule has 5 heteroatoms. The van der Waals surface area contributed by atoms with Crippen LogP contribution in [0.25, 0.3) is 0 Å². The molecule has 0 bridgehead atoms. The molecule has 1 aromatic carbocycles. The molecule has 0 aliphatic carbocycles. The summed E-state index contributed by atoms with van der Waals surface area (Å²) in [6, 6.07) is 7.25. The first kappa shape index (κ1) is 11.9. The zero-order valence-electron chi connectivity index (χ0n) is 9.69. The quantitative estimate of drug-likeness (QED) is 0.750. The normalized spacial score (nSPS) is 16.7. The lowest BCUT2D eigenvalue weighted by molar-refractivity contribution is -0.118. The van der Waals surface area contributed by atoms with E-state index >= 15 is 0 Å². The lowest BCUT2D eigenvalue weighted by Gasteiger charge is -2.25. The average Bonchev–Trinajstić information content (AvgIpc) is 2.33. The van der Waals surface area contributed by atoms with Crippen molar-refractivity contribution in [2.45, 2.75) is 0 Å². The highest BCUT2D eigenvalue weighted by atomic mass is 16.5. The first-order chi connectivity index (χ1) is 8.25. The standard InChI is InChI=1S/C12H17N3O2/c13-10-3-1-2-4-11(10)14-12(16)9-15-5-7-17-8-6-15/h1-4H,5-9,13H2,(H,14,16). The minimum atomic E-state index is -0.0372. The van der Waals surface area contributed by atoms with Gasteiger partial charge in [0.25, 0.3) is 0 Å². The summed E-state index contributed by atoms with van der Waals surface area (Å²) in [5, 5.41) is 2.81. The van der Waals surface area contributed by atoms with Crippen LogP contribution in [-0.4, -0.2) is 43.7 Å². The highest BCUT2D eigenvalue weighted by Gasteiger charge is 2.14. The van der Waals surface area contributed by atoms with E-state index in [9.17, 15) is 4.79 Å². The predicted molar refractivity (Wildman–Crippen MR) is 66.7 cm³/mol. The summed E-state index contributed by atoms with van der Waals surface area (Å²) in [4.78, 5) is 13.9. The highest BCUT2D eigenvalue weighted by molar-refractivity contribution is 5.95. The van der Waals surface area contributed by atoms with Crippen molar-refractivity contribution < 1.29 is 9.53 Å². The van der Waals surface area contributed by atoms with Crippen LogP contribution >= 0.6 is 0 Å². The lowest BCUT2D eigenvalue weighted by Crippen LogP contribution is -2.41. The van der Waals surface area contributed by atoms with Gasteiger partial charge in [-0.25, -0.2) is 0 Å². The van der Waals surface area contributed by atoms with Crippen LogP contribution in [-0.2, 0) is 9.53 Å². The van der Waals surface area contributed by atoms with Crippen molar-refractivity contribution in [1.82, 2.24) is 4.90 Å². The Balaban J connectivity index is 1.86. The van der Waals surface area contributed by atoms with Crippen molar-refractivity contribution in [3.63, 3.8) is 0 Å². The number of hydrogen-bond donors (Lipinski definition) is 2. The van der Waals surface area contributed by atoms with Gasteiger partial charge < -0.3 is 15.8 Å². The topological polar surface area (TPSA) is 67.6 Å². The maximum atomic E-state index is 11.8. The van der Waals surface area contributed by atoms with E-state index in [2.05, 4.69) is 10.2 Å². The molecule has 5 nitrogen and oxygen atoms in total. The molecular formula is C12H17N3O2. The number of morpholine rings is 1. The summed E-state index contributed by atoms with van der Waals surface area (Å²) in [5.41, 5.74) is 7.01. The molecule has 1 fully saturated rings. The molecule has 2 rings (SSSR count). The van der Waals surface area contributed by atoms with Gasteiger partial charge in [0.2, 0.25) is 5.91 Å². The average molecular weight is 235 g/mol. The molecule has 0 aromatic heterocycles. The van der Waals surface area contributed by atoms with Gasteiger partial charge in [0.1, 0.15) is 0 Å². The number of nitrogens with one attached hydrogen (secondary N) is 1. The smallest absolute Gasteiger partial charge is 0.238 e. The fraction of sp³-hybridized carbons (Fsp3) is 0.417. The van der Waals surface area contributed by atoms with Crippen molar-refractivity contribution in [3.05, 3.63) is 24.3 Å². The van der Waals surface area contributed by atoms with E-state index < -0.39 is 0 Å². The van der Waals surface area contributed by atoms with E-state index in [-0.39, 0.29) is 5.91 Å². The highest BCUT2D eigenvalue weighted by Crippen LogP contribution is 2.16. The number of nitrogens with zero attached hydrogens (tertiary/aromatic N) is 1. The number of rotatable bonds is 3. The Morgan fingerprint density at radius 1 is 1.35 bits per heavy atom. The van der Waals surface area contributed by atoms with Gasteiger partial charge in [-0.2, -0.15) is 0 Å². The number of carbonyl (C=O) groups excluding carboxylic acids is 1. The Morgan fingerprint density at radius 3 is 2.76 bits per heavy atom. The Hall–Kier alpha value is -1.59. The predicted octanol–water partition coefficient (Wildman–Crippen LogP) is 0.539.